The molecule has 1 N–H and O–H groups in total. The molecule has 142 valence electrons. The average molecular weight is 367 g/mol. The molecule has 0 saturated heterocycles. The smallest absolute Gasteiger partial charge is 0.188 e. The van der Waals surface area contributed by atoms with Gasteiger partial charge in [0, 0.05) is 36.3 Å². The van der Waals surface area contributed by atoms with E-state index in [4.69, 9.17) is 14.3 Å². The lowest BCUT2D eigenvalue weighted by molar-refractivity contribution is 0.239. The highest BCUT2D eigenvalue weighted by Crippen LogP contribution is 2.15. The number of ether oxygens (including phenoxy) is 1. The van der Waals surface area contributed by atoms with Crippen LogP contribution in [-0.2, 0) is 24.3 Å². The van der Waals surface area contributed by atoms with Gasteiger partial charge in [-0.2, -0.15) is 0 Å². The molecule has 0 radical (unpaired) electrons. The first-order valence-electron chi connectivity index (χ1n) is 9.30. The first-order valence-corrected chi connectivity index (χ1v) is 9.30. The summed E-state index contributed by atoms with van der Waals surface area (Å²) in [5.74, 6) is 0.275. The van der Waals surface area contributed by atoms with Crippen molar-refractivity contribution in [2.45, 2.75) is 38.8 Å². The Balaban J connectivity index is 1.30. The largest absolute Gasteiger partial charge is 0.502 e. The van der Waals surface area contributed by atoms with Crippen LogP contribution >= 0.6 is 0 Å². The van der Waals surface area contributed by atoms with Crippen LogP contribution in [0.15, 0.2) is 70.4 Å². The van der Waals surface area contributed by atoms with Gasteiger partial charge in [0.05, 0.1) is 19.1 Å². The fourth-order valence-electron chi connectivity index (χ4n) is 3.00. The van der Waals surface area contributed by atoms with E-state index in [9.17, 15) is 4.79 Å². The van der Waals surface area contributed by atoms with Gasteiger partial charge in [0.15, 0.2) is 5.43 Å². The Labute approximate surface area is 158 Å². The van der Waals surface area contributed by atoms with Crippen LogP contribution in [0.4, 0.5) is 0 Å². The van der Waals surface area contributed by atoms with Crippen molar-refractivity contribution in [1.29, 1.82) is 0 Å². The van der Waals surface area contributed by atoms with Gasteiger partial charge >= 0.3 is 0 Å². The Morgan fingerprint density at radius 2 is 2.04 bits per heavy atom. The van der Waals surface area contributed by atoms with Gasteiger partial charge in [-0.1, -0.05) is 18.2 Å². The molecule has 0 fully saturated rings. The van der Waals surface area contributed by atoms with E-state index in [1.807, 2.05) is 0 Å². The lowest BCUT2D eigenvalue weighted by atomic mass is 10.2. The van der Waals surface area contributed by atoms with E-state index in [2.05, 4.69) is 41.1 Å². The lowest BCUT2D eigenvalue weighted by Gasteiger charge is -2.05. The van der Waals surface area contributed by atoms with Gasteiger partial charge in [-0.3, -0.25) is 4.79 Å². The molecule has 2 aromatic heterocycles. The second kappa shape index (κ2) is 9.78. The lowest BCUT2D eigenvalue weighted by Crippen LogP contribution is -2.07. The number of rotatable bonds is 10. The fraction of sp³-hybridized carbons (Fsp3) is 0.318. The number of aromatic nitrogens is 1. The molecule has 0 amide bonds. The topological polar surface area (TPSA) is 64.6 Å². The minimum atomic E-state index is -0.269. The molecule has 27 heavy (non-hydrogen) atoms. The summed E-state index contributed by atoms with van der Waals surface area (Å²) >= 11 is 0. The fourth-order valence-corrected chi connectivity index (χ4v) is 3.00. The van der Waals surface area contributed by atoms with Gasteiger partial charge in [-0.05, 0) is 42.9 Å². The van der Waals surface area contributed by atoms with Crippen LogP contribution in [0.3, 0.4) is 0 Å². The first kappa shape index (κ1) is 19.0. The van der Waals surface area contributed by atoms with Gasteiger partial charge < -0.3 is 18.8 Å². The molecule has 0 bridgehead atoms. The number of hydrogen-bond acceptors (Lipinski definition) is 4. The number of aryl methyl sites for hydroxylation is 1. The van der Waals surface area contributed by atoms with Gasteiger partial charge in [0.1, 0.15) is 12.4 Å². The highest BCUT2D eigenvalue weighted by atomic mass is 16.5. The summed E-state index contributed by atoms with van der Waals surface area (Å²) in [6.45, 7) is 1.42. The summed E-state index contributed by atoms with van der Waals surface area (Å²) in [7, 11) is 0. The van der Waals surface area contributed by atoms with Gasteiger partial charge in [-0.15, -0.1) is 0 Å². The normalized spacial score (nSPS) is 11.4. The number of hydrogen-bond donors (Lipinski definition) is 1. The zero-order chi connectivity index (χ0) is 18.9. The van der Waals surface area contributed by atoms with E-state index in [1.165, 1.54) is 23.2 Å². The maximum absolute atomic E-state index is 11.8. The van der Waals surface area contributed by atoms with E-state index >= 15 is 0 Å². The standard InChI is InChI=1S/C22H25NO4/c24-16-20-15-22(25)19(17-27-20)8-6-14-26-13-5-1-4-11-23-12-10-18-7-2-3-9-21(18)23/h2-3,6-7,9-10,12,14-15,17,24H,1,4-5,8,11,13,16H2. The molecule has 1 aromatic carbocycles. The van der Waals surface area contributed by atoms with Crippen LogP contribution in [0.1, 0.15) is 30.6 Å². The Morgan fingerprint density at radius 1 is 1.15 bits per heavy atom. The molecule has 0 aliphatic rings. The highest BCUT2D eigenvalue weighted by Gasteiger charge is 2.01. The van der Waals surface area contributed by atoms with E-state index in [0.29, 0.717) is 18.6 Å². The molecule has 0 unspecified atom stereocenters. The number of benzene rings is 1. The summed E-state index contributed by atoms with van der Waals surface area (Å²) < 4.78 is 12.9. The van der Waals surface area contributed by atoms with Crippen molar-refractivity contribution in [2.24, 2.45) is 0 Å². The molecule has 3 rings (SSSR count). The third-order valence-electron chi connectivity index (χ3n) is 4.49. The SMILES string of the molecule is O=c1cc(CO)occ1CC=COCCCCCn1ccc2ccccc21. The Bertz CT molecular complexity index is 939. The zero-order valence-corrected chi connectivity index (χ0v) is 15.3. The molecule has 0 spiro atoms. The van der Waals surface area contributed by atoms with Crippen LogP contribution in [0.2, 0.25) is 0 Å². The molecular weight excluding hydrogens is 342 g/mol. The number of allylic oxidation sites excluding steroid dienone is 1. The van der Waals surface area contributed by atoms with E-state index < -0.39 is 0 Å². The number of aliphatic hydroxyl groups is 1. The molecule has 5 heteroatoms. The summed E-state index contributed by atoms with van der Waals surface area (Å²) in [5, 5.41) is 10.2. The minimum Gasteiger partial charge on any atom is -0.502 e. The van der Waals surface area contributed by atoms with E-state index in [0.717, 1.165) is 25.8 Å². The maximum Gasteiger partial charge on any atom is 0.188 e. The van der Waals surface area contributed by atoms with Crippen molar-refractivity contribution in [3.8, 4) is 0 Å². The van der Waals surface area contributed by atoms with Gasteiger partial charge in [-0.25, -0.2) is 0 Å². The molecule has 5 nitrogen and oxygen atoms in total. The minimum absolute atomic E-state index is 0.132. The number of aliphatic hydroxyl groups excluding tert-OH is 1. The summed E-state index contributed by atoms with van der Waals surface area (Å²) in [6.07, 6.45) is 10.6. The average Bonchev–Trinajstić information content (AvgIpc) is 3.11. The van der Waals surface area contributed by atoms with Crippen molar-refractivity contribution in [3.05, 3.63) is 82.7 Å². The van der Waals surface area contributed by atoms with Gasteiger partial charge in [0.2, 0.25) is 0 Å². The third kappa shape index (κ3) is 5.34. The highest BCUT2D eigenvalue weighted by molar-refractivity contribution is 5.79. The number of para-hydroxylation sites is 1. The molecule has 0 atom stereocenters. The Hall–Kier alpha value is -2.79. The molecule has 0 aliphatic heterocycles. The van der Waals surface area contributed by atoms with Crippen molar-refractivity contribution < 1.29 is 14.3 Å². The zero-order valence-electron chi connectivity index (χ0n) is 15.3. The molecular formula is C22H25NO4. The van der Waals surface area contributed by atoms with Gasteiger partial charge in [0.25, 0.3) is 0 Å². The quantitative estimate of drug-likeness (QED) is 0.434. The van der Waals surface area contributed by atoms with Crippen LogP contribution in [0, 0.1) is 0 Å². The van der Waals surface area contributed by atoms with Crippen molar-refractivity contribution >= 4 is 10.9 Å². The number of nitrogens with zero attached hydrogens (tertiary/aromatic N) is 1. The van der Waals surface area contributed by atoms with Crippen molar-refractivity contribution in [1.82, 2.24) is 4.57 Å². The summed E-state index contributed by atoms with van der Waals surface area (Å²) in [5.41, 5.74) is 1.70. The van der Waals surface area contributed by atoms with Crippen LogP contribution in [-0.4, -0.2) is 16.3 Å². The van der Waals surface area contributed by atoms with Crippen LogP contribution < -0.4 is 5.43 Å². The summed E-state index contributed by atoms with van der Waals surface area (Å²) in [4.78, 5) is 11.8. The predicted molar refractivity (Wildman–Crippen MR) is 105 cm³/mol. The molecule has 3 aromatic rings. The Morgan fingerprint density at radius 3 is 2.89 bits per heavy atom. The Kier molecular flexibility index (Phi) is 6.88. The number of unbranched alkanes of at least 4 members (excludes halogenated alkanes) is 2. The third-order valence-corrected chi connectivity index (χ3v) is 4.49. The van der Waals surface area contributed by atoms with E-state index in [1.54, 1.807) is 12.3 Å². The monoisotopic (exact) mass is 367 g/mol. The van der Waals surface area contributed by atoms with Crippen LogP contribution in [0.5, 0.6) is 0 Å². The predicted octanol–water partition coefficient (Wildman–Crippen LogP) is 4.03. The number of fused-ring (bicyclic) bond motifs is 1. The van der Waals surface area contributed by atoms with Crippen LogP contribution in [0.25, 0.3) is 10.9 Å². The molecule has 0 saturated carbocycles. The molecule has 0 aliphatic carbocycles. The molecule has 2 heterocycles. The maximum atomic E-state index is 11.8. The first-order chi connectivity index (χ1) is 13.3. The second-order valence-electron chi connectivity index (χ2n) is 6.47. The van der Waals surface area contributed by atoms with Crippen molar-refractivity contribution in [3.63, 3.8) is 0 Å². The van der Waals surface area contributed by atoms with Crippen molar-refractivity contribution in [2.75, 3.05) is 6.61 Å². The second-order valence-corrected chi connectivity index (χ2v) is 6.47. The summed E-state index contributed by atoms with van der Waals surface area (Å²) in [6, 6.07) is 11.9. The van der Waals surface area contributed by atoms with E-state index in [-0.39, 0.29) is 17.8 Å².